The van der Waals surface area contributed by atoms with Crippen molar-refractivity contribution in [2.24, 2.45) is 0 Å². The highest BCUT2D eigenvalue weighted by molar-refractivity contribution is 6.09. The molecule has 1 heterocycles. The topological polar surface area (TPSA) is 165 Å². The van der Waals surface area contributed by atoms with E-state index in [2.05, 4.69) is 0 Å². The smallest absolute Gasteiger partial charge is 0.189 e. The second-order valence-electron chi connectivity index (χ2n) is 9.03. The number of Topliss-reactive ketones (excluding diaryl/α,β-unsaturated/α-hetero) is 1. The van der Waals surface area contributed by atoms with Gasteiger partial charge >= 0.3 is 0 Å². The second-order valence-corrected chi connectivity index (χ2v) is 9.03. The number of hydrogen-bond acceptors (Lipinski definition) is 9. The average molecular weight is 526 g/mol. The molecule has 0 aliphatic carbocycles. The van der Waals surface area contributed by atoms with Gasteiger partial charge in [-0.2, -0.15) is 0 Å². The van der Waals surface area contributed by atoms with E-state index in [-0.39, 0.29) is 51.2 Å². The maximum Gasteiger partial charge on any atom is 0.189 e. The summed E-state index contributed by atoms with van der Waals surface area (Å²) in [6, 6.07) is 16.1. The van der Waals surface area contributed by atoms with Crippen LogP contribution in [0.15, 0.2) is 78.9 Å². The molecule has 0 aromatic heterocycles. The Morgan fingerprint density at radius 2 is 1.41 bits per heavy atom. The largest absolute Gasteiger partial charge is 0.508 e. The van der Waals surface area contributed by atoms with Crippen LogP contribution in [0, 0.1) is 0 Å². The number of benzene rings is 4. The van der Waals surface area contributed by atoms with Gasteiger partial charge in [-0.25, -0.2) is 0 Å². The number of hydrogen-bond donors (Lipinski definition) is 6. The van der Waals surface area contributed by atoms with Gasteiger partial charge in [-0.15, -0.1) is 0 Å². The van der Waals surface area contributed by atoms with Gasteiger partial charge < -0.3 is 35.4 Å². The number of aromatic hydroxyl groups is 6. The lowest BCUT2D eigenvalue weighted by Crippen LogP contribution is -2.30. The molecular weight excluding hydrogens is 504 g/mol. The molecule has 5 rings (SSSR count). The van der Waals surface area contributed by atoms with Crippen LogP contribution < -0.4 is 4.74 Å². The lowest BCUT2D eigenvalue weighted by Gasteiger charge is -2.34. The Morgan fingerprint density at radius 3 is 2.13 bits per heavy atom. The van der Waals surface area contributed by atoms with Crippen molar-refractivity contribution in [3.05, 3.63) is 107 Å². The fraction of sp³-hybridized carbons (Fsp3) is 0.0667. The summed E-state index contributed by atoms with van der Waals surface area (Å²) in [5, 5.41) is 60.3. The predicted molar refractivity (Wildman–Crippen MR) is 140 cm³/mol. The third-order valence-corrected chi connectivity index (χ3v) is 6.43. The van der Waals surface area contributed by atoms with E-state index in [1.807, 2.05) is 0 Å². The number of ether oxygens (including phenoxy) is 1. The number of fused-ring (bicyclic) bond motifs is 1. The van der Waals surface area contributed by atoms with Gasteiger partial charge in [0.2, 0.25) is 0 Å². The van der Waals surface area contributed by atoms with Crippen molar-refractivity contribution in [3.63, 3.8) is 0 Å². The van der Waals surface area contributed by atoms with E-state index < -0.39 is 29.3 Å². The molecule has 1 aliphatic heterocycles. The van der Waals surface area contributed by atoms with Crippen LogP contribution in [-0.2, 0) is 0 Å². The highest BCUT2D eigenvalue weighted by Crippen LogP contribution is 2.49. The van der Waals surface area contributed by atoms with Crippen LogP contribution in [0.3, 0.4) is 0 Å². The van der Waals surface area contributed by atoms with Crippen molar-refractivity contribution in [1.82, 2.24) is 0 Å². The van der Waals surface area contributed by atoms with Gasteiger partial charge in [0, 0.05) is 23.8 Å². The van der Waals surface area contributed by atoms with E-state index >= 15 is 0 Å². The molecule has 0 spiro atoms. The normalized spacial score (nSPS) is 16.6. The maximum absolute atomic E-state index is 13.8. The Balaban J connectivity index is 1.57. The van der Waals surface area contributed by atoms with Crippen molar-refractivity contribution in [2.45, 2.75) is 12.0 Å². The van der Waals surface area contributed by atoms with Crippen LogP contribution in [0.25, 0.3) is 6.08 Å². The number of phenolic OH excluding ortho intramolecular Hbond substituents is 6. The van der Waals surface area contributed by atoms with Gasteiger partial charge in [0.25, 0.3) is 0 Å². The molecule has 4 aromatic rings. The number of rotatable bonds is 5. The zero-order chi connectivity index (χ0) is 27.8. The lowest BCUT2D eigenvalue weighted by atomic mass is 9.80. The highest BCUT2D eigenvalue weighted by Gasteiger charge is 2.42. The molecule has 0 saturated carbocycles. The number of ketones is 2. The molecule has 0 amide bonds. The van der Waals surface area contributed by atoms with Crippen molar-refractivity contribution in [1.29, 1.82) is 0 Å². The first-order valence-electron chi connectivity index (χ1n) is 11.8. The fourth-order valence-electron chi connectivity index (χ4n) is 4.57. The zero-order valence-electron chi connectivity index (χ0n) is 20.1. The number of phenols is 6. The Kier molecular flexibility index (Phi) is 6.33. The second kappa shape index (κ2) is 9.79. The lowest BCUT2D eigenvalue weighted by molar-refractivity contribution is 0.0772. The molecule has 0 radical (unpaired) electrons. The van der Waals surface area contributed by atoms with Gasteiger partial charge in [0.15, 0.2) is 11.6 Å². The molecule has 1 aliphatic rings. The fourth-order valence-corrected chi connectivity index (χ4v) is 4.57. The molecule has 2 atom stereocenters. The molecule has 39 heavy (non-hydrogen) atoms. The SMILES string of the molecule is O=C(C=Cc1ccc(O)c([C@H]2C(=O)c3c(O)cc(O)cc3O[C@@H]2c2ccc(O)cc2)c1)c1ccc(O)cc1O. The molecule has 196 valence electrons. The van der Waals surface area contributed by atoms with Crippen LogP contribution in [-0.4, -0.2) is 42.2 Å². The molecule has 6 N–H and O–H groups in total. The molecule has 0 unspecified atom stereocenters. The van der Waals surface area contributed by atoms with E-state index in [0.717, 1.165) is 12.1 Å². The van der Waals surface area contributed by atoms with E-state index in [1.54, 1.807) is 12.1 Å². The minimum atomic E-state index is -1.15. The summed E-state index contributed by atoms with van der Waals surface area (Å²) in [6.07, 6.45) is 1.63. The molecule has 0 saturated heterocycles. The van der Waals surface area contributed by atoms with E-state index in [1.165, 1.54) is 60.7 Å². The van der Waals surface area contributed by atoms with Gasteiger partial charge in [-0.05, 0) is 53.6 Å². The van der Waals surface area contributed by atoms with Gasteiger partial charge in [-0.3, -0.25) is 9.59 Å². The van der Waals surface area contributed by atoms with Crippen molar-refractivity contribution in [2.75, 3.05) is 0 Å². The van der Waals surface area contributed by atoms with Gasteiger partial charge in [0.1, 0.15) is 51.9 Å². The summed E-state index contributed by atoms with van der Waals surface area (Å²) < 4.78 is 6.08. The summed E-state index contributed by atoms with van der Waals surface area (Å²) in [6.45, 7) is 0. The Labute approximate surface area is 221 Å². The molecular formula is C30H22O9. The summed E-state index contributed by atoms with van der Waals surface area (Å²) >= 11 is 0. The van der Waals surface area contributed by atoms with Crippen LogP contribution >= 0.6 is 0 Å². The van der Waals surface area contributed by atoms with Crippen LogP contribution in [0.1, 0.15) is 49.4 Å². The van der Waals surface area contributed by atoms with Gasteiger partial charge in [0.05, 0.1) is 11.5 Å². The monoisotopic (exact) mass is 526 g/mol. The third-order valence-electron chi connectivity index (χ3n) is 6.43. The summed E-state index contributed by atoms with van der Waals surface area (Å²) in [5.74, 6) is -3.92. The van der Waals surface area contributed by atoms with Crippen molar-refractivity contribution < 1.29 is 45.0 Å². The summed E-state index contributed by atoms with van der Waals surface area (Å²) in [5.41, 5.74) is 0.886. The minimum absolute atomic E-state index is 0.00700. The van der Waals surface area contributed by atoms with Crippen molar-refractivity contribution >= 4 is 17.6 Å². The molecule has 9 nitrogen and oxygen atoms in total. The first kappa shape index (κ1) is 25.2. The standard InChI is InChI=1S/C30H22O9/c31-17-5-3-16(4-6-17)30-27(29(38)28-25(37)13-19(33)14-26(28)39-30)21-11-15(2-10-23(21)35)1-9-22(34)20-8-7-18(32)12-24(20)36/h1-14,27,30-33,35-37H/t27-,30+/m0/s1. The molecule has 4 aromatic carbocycles. The quantitative estimate of drug-likeness (QED) is 0.156. The predicted octanol–water partition coefficient (Wildman–Crippen LogP) is 4.92. The summed E-state index contributed by atoms with van der Waals surface area (Å²) in [4.78, 5) is 26.4. The molecule has 0 bridgehead atoms. The highest BCUT2D eigenvalue weighted by atomic mass is 16.5. The number of allylic oxidation sites excluding steroid dienone is 1. The first-order chi connectivity index (χ1) is 18.6. The molecule has 0 fully saturated rings. The van der Waals surface area contributed by atoms with Crippen LogP contribution in [0.5, 0.6) is 40.2 Å². The Bertz CT molecular complexity index is 1640. The van der Waals surface area contributed by atoms with E-state index in [4.69, 9.17) is 4.74 Å². The minimum Gasteiger partial charge on any atom is -0.508 e. The maximum atomic E-state index is 13.8. The number of carbonyl (C=O) groups excluding carboxylic acids is 2. The molecule has 9 heteroatoms. The summed E-state index contributed by atoms with van der Waals surface area (Å²) in [7, 11) is 0. The first-order valence-corrected chi connectivity index (χ1v) is 11.8. The Morgan fingerprint density at radius 1 is 0.718 bits per heavy atom. The van der Waals surface area contributed by atoms with E-state index in [9.17, 15) is 40.2 Å². The average Bonchev–Trinajstić information content (AvgIpc) is 2.88. The van der Waals surface area contributed by atoms with Crippen LogP contribution in [0.4, 0.5) is 0 Å². The number of carbonyl (C=O) groups is 2. The van der Waals surface area contributed by atoms with Gasteiger partial charge in [-0.1, -0.05) is 24.3 Å². The Hall–Kier alpha value is -5.44. The third kappa shape index (κ3) is 4.80. The zero-order valence-corrected chi connectivity index (χ0v) is 20.1. The van der Waals surface area contributed by atoms with Crippen molar-refractivity contribution in [3.8, 4) is 40.2 Å². The van der Waals surface area contributed by atoms with Crippen LogP contribution in [0.2, 0.25) is 0 Å². The van der Waals surface area contributed by atoms with E-state index in [0.29, 0.717) is 11.1 Å².